The maximum atomic E-state index is 13.4. The first-order chi connectivity index (χ1) is 13.5. The van der Waals surface area contributed by atoms with Crippen molar-refractivity contribution < 1.29 is 4.39 Å². The number of aromatic nitrogens is 2. The fourth-order valence-corrected chi connectivity index (χ4v) is 5.03. The summed E-state index contributed by atoms with van der Waals surface area (Å²) in [5.41, 5.74) is 2.05. The van der Waals surface area contributed by atoms with Crippen molar-refractivity contribution in [3.8, 4) is 0 Å². The van der Waals surface area contributed by atoms with Crippen LogP contribution in [0.2, 0.25) is 5.02 Å². The van der Waals surface area contributed by atoms with Gasteiger partial charge >= 0.3 is 0 Å². The molecule has 1 atom stereocenters. The molecule has 2 aromatic heterocycles. The normalized spacial score (nSPS) is 16.5. The highest BCUT2D eigenvalue weighted by Crippen LogP contribution is 2.39. The van der Waals surface area contributed by atoms with Gasteiger partial charge in [-0.25, -0.2) is 14.4 Å². The van der Waals surface area contributed by atoms with Crippen molar-refractivity contribution in [1.29, 1.82) is 0 Å². The largest absolute Gasteiger partial charge is 0.340 e. The second-order valence-electron chi connectivity index (χ2n) is 7.36. The molecule has 4 rings (SSSR count). The van der Waals surface area contributed by atoms with Crippen molar-refractivity contribution in [2.24, 2.45) is 0 Å². The van der Waals surface area contributed by atoms with Gasteiger partial charge in [-0.05, 0) is 57.1 Å². The molecule has 0 saturated heterocycles. The van der Waals surface area contributed by atoms with Gasteiger partial charge in [0.1, 0.15) is 22.8 Å². The topological polar surface area (TPSA) is 53.1 Å². The Morgan fingerprint density at radius 2 is 2.18 bits per heavy atom. The van der Waals surface area contributed by atoms with Crippen molar-refractivity contribution in [2.45, 2.75) is 25.3 Å². The number of benzene rings is 1. The monoisotopic (exact) mass is 419 g/mol. The predicted octanol–water partition coefficient (Wildman–Crippen LogP) is 4.24. The van der Waals surface area contributed by atoms with Gasteiger partial charge in [0.25, 0.3) is 0 Å². The minimum Gasteiger partial charge on any atom is -0.340 e. The van der Waals surface area contributed by atoms with E-state index in [4.69, 9.17) is 11.6 Å². The number of likely N-dealkylation sites (N-methyl/N-ethyl adjacent to an activating group) is 1. The molecule has 8 heteroatoms. The molecule has 1 aliphatic carbocycles. The van der Waals surface area contributed by atoms with Gasteiger partial charge in [-0.1, -0.05) is 11.6 Å². The molecule has 28 heavy (non-hydrogen) atoms. The molecule has 148 valence electrons. The van der Waals surface area contributed by atoms with Crippen LogP contribution in [0.25, 0.3) is 10.2 Å². The van der Waals surface area contributed by atoms with Gasteiger partial charge < -0.3 is 15.5 Å². The van der Waals surface area contributed by atoms with Crippen LogP contribution in [0.3, 0.4) is 0 Å². The molecular formula is C20H23ClFN5S. The lowest BCUT2D eigenvalue weighted by Gasteiger charge is -2.24. The predicted molar refractivity (Wildman–Crippen MR) is 114 cm³/mol. The third-order valence-electron chi connectivity index (χ3n) is 5.02. The maximum Gasteiger partial charge on any atom is 0.142 e. The van der Waals surface area contributed by atoms with E-state index in [-0.39, 0.29) is 5.02 Å². The molecule has 3 aromatic rings. The van der Waals surface area contributed by atoms with Crippen molar-refractivity contribution in [2.75, 3.05) is 32.5 Å². The van der Waals surface area contributed by atoms with E-state index in [0.29, 0.717) is 11.7 Å². The summed E-state index contributed by atoms with van der Waals surface area (Å²) in [7, 11) is 4.18. The minimum atomic E-state index is -0.430. The van der Waals surface area contributed by atoms with Gasteiger partial charge in [0.2, 0.25) is 0 Å². The molecule has 5 nitrogen and oxygen atoms in total. The molecule has 0 fully saturated rings. The Labute approximate surface area is 172 Å². The summed E-state index contributed by atoms with van der Waals surface area (Å²) in [6.45, 7) is 2.03. The minimum absolute atomic E-state index is 0.0919. The molecule has 0 aliphatic heterocycles. The van der Waals surface area contributed by atoms with E-state index in [1.807, 2.05) is 0 Å². The zero-order chi connectivity index (χ0) is 19.7. The zero-order valence-electron chi connectivity index (χ0n) is 15.9. The van der Waals surface area contributed by atoms with Gasteiger partial charge in [-0.15, -0.1) is 11.3 Å². The number of nitrogens with one attached hydrogen (secondary N) is 2. The lowest BCUT2D eigenvalue weighted by molar-refractivity contribution is 0.372. The molecule has 0 bridgehead atoms. The second-order valence-corrected chi connectivity index (χ2v) is 8.85. The fourth-order valence-electron chi connectivity index (χ4n) is 3.58. The van der Waals surface area contributed by atoms with Crippen LogP contribution in [0.1, 0.15) is 16.9 Å². The molecular weight excluding hydrogens is 397 g/mol. The summed E-state index contributed by atoms with van der Waals surface area (Å²) >= 11 is 7.66. The summed E-state index contributed by atoms with van der Waals surface area (Å²) in [5.74, 6) is 0.324. The molecule has 1 aliphatic rings. The number of fused-ring (bicyclic) bond motifs is 3. The van der Waals surface area contributed by atoms with Crippen molar-refractivity contribution in [1.82, 2.24) is 20.2 Å². The Balaban J connectivity index is 1.58. The number of halogens is 2. The lowest BCUT2D eigenvalue weighted by Crippen LogP contribution is -2.38. The van der Waals surface area contributed by atoms with E-state index in [9.17, 15) is 4.39 Å². The Morgan fingerprint density at radius 1 is 1.32 bits per heavy atom. The fraction of sp³-hybridized carbons (Fsp3) is 0.400. The number of anilines is 2. The second kappa shape index (κ2) is 8.29. The van der Waals surface area contributed by atoms with E-state index < -0.39 is 5.82 Å². The van der Waals surface area contributed by atoms with Crippen LogP contribution in [0.15, 0.2) is 24.5 Å². The average Bonchev–Trinajstić information content (AvgIpc) is 3.03. The molecule has 0 saturated carbocycles. The SMILES string of the molecule is CN(C)CCNC1CCc2c(sc3ncnc(Nc4ccc(F)c(Cl)c4)c23)C1. The third-order valence-corrected chi connectivity index (χ3v) is 6.47. The smallest absolute Gasteiger partial charge is 0.142 e. The average molecular weight is 420 g/mol. The first kappa shape index (κ1) is 19.5. The van der Waals surface area contributed by atoms with Gasteiger partial charge in [0.15, 0.2) is 0 Å². The number of rotatable bonds is 6. The first-order valence-corrected chi connectivity index (χ1v) is 10.6. The summed E-state index contributed by atoms with van der Waals surface area (Å²) in [4.78, 5) is 13.5. The van der Waals surface area contributed by atoms with E-state index in [1.165, 1.54) is 16.5 Å². The molecule has 0 amide bonds. The van der Waals surface area contributed by atoms with Gasteiger partial charge in [0, 0.05) is 29.7 Å². The molecule has 0 spiro atoms. The Hall–Kier alpha value is -1.80. The highest BCUT2D eigenvalue weighted by molar-refractivity contribution is 7.19. The summed E-state index contributed by atoms with van der Waals surface area (Å²) < 4.78 is 13.4. The Kier molecular flexibility index (Phi) is 5.78. The van der Waals surface area contributed by atoms with Crippen molar-refractivity contribution in [3.63, 3.8) is 0 Å². The van der Waals surface area contributed by atoms with Crippen LogP contribution in [-0.4, -0.2) is 48.1 Å². The number of nitrogens with zero attached hydrogens (tertiary/aromatic N) is 3. The number of hydrogen-bond acceptors (Lipinski definition) is 6. The van der Waals surface area contributed by atoms with Crippen LogP contribution >= 0.6 is 22.9 Å². The zero-order valence-corrected chi connectivity index (χ0v) is 17.5. The van der Waals surface area contributed by atoms with E-state index in [2.05, 4.69) is 39.6 Å². The first-order valence-electron chi connectivity index (χ1n) is 9.36. The highest BCUT2D eigenvalue weighted by atomic mass is 35.5. The quantitative estimate of drug-likeness (QED) is 0.626. The van der Waals surface area contributed by atoms with Crippen molar-refractivity contribution in [3.05, 3.63) is 45.8 Å². The van der Waals surface area contributed by atoms with Crippen LogP contribution in [0, 0.1) is 5.82 Å². The molecule has 1 aromatic carbocycles. The Bertz CT molecular complexity index is 990. The van der Waals surface area contributed by atoms with Crippen LogP contribution in [0.5, 0.6) is 0 Å². The summed E-state index contributed by atoms with van der Waals surface area (Å²) in [6.07, 6.45) is 4.69. The standard InChI is InChI=1S/C20H23ClFN5S/c1-27(2)8-7-23-12-3-5-14-17(10-12)28-20-18(14)19(24-11-25-20)26-13-4-6-16(22)15(21)9-13/h4,6,9,11-12,23H,3,5,7-8,10H2,1-2H3,(H,24,25,26). The van der Waals surface area contributed by atoms with E-state index in [0.717, 1.165) is 48.4 Å². The van der Waals surface area contributed by atoms with Gasteiger partial charge in [0.05, 0.1) is 10.4 Å². The number of aryl methyl sites for hydroxylation is 1. The van der Waals surface area contributed by atoms with Crippen LogP contribution in [0.4, 0.5) is 15.9 Å². The van der Waals surface area contributed by atoms with Gasteiger partial charge in [-0.3, -0.25) is 0 Å². The van der Waals surface area contributed by atoms with E-state index >= 15 is 0 Å². The van der Waals surface area contributed by atoms with Crippen LogP contribution in [-0.2, 0) is 12.8 Å². The molecule has 1 unspecified atom stereocenters. The number of thiophene rings is 1. The molecule has 2 heterocycles. The summed E-state index contributed by atoms with van der Waals surface area (Å²) in [5, 5.41) is 8.13. The highest BCUT2D eigenvalue weighted by Gasteiger charge is 2.25. The summed E-state index contributed by atoms with van der Waals surface area (Å²) in [6, 6.07) is 5.10. The third kappa shape index (κ3) is 4.12. The van der Waals surface area contributed by atoms with Gasteiger partial charge in [-0.2, -0.15) is 0 Å². The molecule has 2 N–H and O–H groups in total. The maximum absolute atomic E-state index is 13.4. The number of hydrogen-bond donors (Lipinski definition) is 2. The van der Waals surface area contributed by atoms with Crippen molar-refractivity contribution >= 4 is 44.7 Å². The Morgan fingerprint density at radius 3 is 2.96 bits per heavy atom. The molecule has 0 radical (unpaired) electrons. The lowest BCUT2D eigenvalue weighted by atomic mass is 9.93. The van der Waals surface area contributed by atoms with E-state index in [1.54, 1.807) is 29.8 Å². The van der Waals surface area contributed by atoms with Crippen LogP contribution < -0.4 is 10.6 Å².